The molecule has 0 bridgehead atoms. The minimum Gasteiger partial charge on any atom is -0.469 e. The summed E-state index contributed by atoms with van der Waals surface area (Å²) in [4.78, 5) is 0. The molecule has 0 aliphatic heterocycles. The summed E-state index contributed by atoms with van der Waals surface area (Å²) in [6.45, 7) is 2.83. The van der Waals surface area contributed by atoms with Crippen LogP contribution < -0.4 is 5.73 Å². The van der Waals surface area contributed by atoms with Gasteiger partial charge in [-0.2, -0.15) is 0 Å². The fourth-order valence-corrected chi connectivity index (χ4v) is 2.66. The summed E-state index contributed by atoms with van der Waals surface area (Å²) >= 11 is 0. The summed E-state index contributed by atoms with van der Waals surface area (Å²) in [5, 5.41) is 0. The second kappa shape index (κ2) is 4.86. The van der Waals surface area contributed by atoms with Crippen LogP contribution in [0, 0.1) is 0 Å². The lowest BCUT2D eigenvalue weighted by Gasteiger charge is -2.28. The van der Waals surface area contributed by atoms with Crippen molar-refractivity contribution in [2.24, 2.45) is 5.73 Å². The van der Waals surface area contributed by atoms with Crippen molar-refractivity contribution in [3.8, 4) is 0 Å². The van der Waals surface area contributed by atoms with Crippen LogP contribution in [0.15, 0.2) is 47.1 Å². The number of hydrogen-bond acceptors (Lipinski definition) is 2. The maximum absolute atomic E-state index is 6.02. The van der Waals surface area contributed by atoms with Gasteiger partial charge in [-0.15, -0.1) is 0 Å². The first-order valence-electron chi connectivity index (χ1n) is 7.04. The van der Waals surface area contributed by atoms with Gasteiger partial charge in [-0.25, -0.2) is 0 Å². The highest BCUT2D eigenvalue weighted by Gasteiger charge is 2.28. The van der Waals surface area contributed by atoms with E-state index in [1.807, 2.05) is 12.1 Å². The Bertz CT molecular complexity index is 525. The van der Waals surface area contributed by atoms with E-state index in [2.05, 4.69) is 31.2 Å². The highest BCUT2D eigenvalue weighted by Crippen LogP contribution is 2.40. The van der Waals surface area contributed by atoms with E-state index in [1.165, 1.54) is 24.0 Å². The van der Waals surface area contributed by atoms with Gasteiger partial charge in [0.2, 0.25) is 0 Å². The van der Waals surface area contributed by atoms with E-state index in [0.29, 0.717) is 6.54 Å². The van der Waals surface area contributed by atoms with Crippen LogP contribution in [0.5, 0.6) is 0 Å². The second-order valence-electron chi connectivity index (χ2n) is 5.92. The normalized spacial score (nSPS) is 18.2. The predicted molar refractivity (Wildman–Crippen MR) is 77.2 cm³/mol. The van der Waals surface area contributed by atoms with Crippen LogP contribution in [0.3, 0.4) is 0 Å². The fourth-order valence-electron chi connectivity index (χ4n) is 2.66. The van der Waals surface area contributed by atoms with Gasteiger partial charge >= 0.3 is 0 Å². The highest BCUT2D eigenvalue weighted by atomic mass is 16.3. The Labute approximate surface area is 114 Å². The minimum absolute atomic E-state index is 0.0556. The number of benzene rings is 1. The molecule has 0 amide bonds. The topological polar surface area (TPSA) is 39.2 Å². The second-order valence-corrected chi connectivity index (χ2v) is 5.92. The van der Waals surface area contributed by atoms with Crippen molar-refractivity contribution in [1.29, 1.82) is 0 Å². The molecule has 1 aromatic carbocycles. The number of rotatable bonds is 5. The van der Waals surface area contributed by atoms with Gasteiger partial charge in [-0.3, -0.25) is 0 Å². The lowest BCUT2D eigenvalue weighted by molar-refractivity contribution is 0.412. The van der Waals surface area contributed by atoms with Crippen LogP contribution in [-0.2, 0) is 11.8 Å². The third kappa shape index (κ3) is 2.59. The summed E-state index contributed by atoms with van der Waals surface area (Å²) in [5.74, 6) is 1.81. The van der Waals surface area contributed by atoms with Crippen molar-refractivity contribution in [1.82, 2.24) is 0 Å². The molecule has 1 saturated carbocycles. The molecule has 1 aliphatic rings. The molecule has 0 spiro atoms. The average molecular weight is 255 g/mol. The van der Waals surface area contributed by atoms with Crippen LogP contribution in [0.4, 0.5) is 0 Å². The molecule has 2 aromatic rings. The van der Waals surface area contributed by atoms with Gasteiger partial charge in [0, 0.05) is 18.4 Å². The SMILES string of the molecule is CC(CN)(Cc1ccco1)c1ccc(C2CC2)cc1. The standard InChI is InChI=1S/C17H21NO/c1-17(12-18,11-16-3-2-10-19-16)15-8-6-14(7-9-15)13-4-5-13/h2-3,6-10,13H,4-5,11-12,18H2,1H3. The fraction of sp³-hybridized carbons (Fsp3) is 0.412. The van der Waals surface area contributed by atoms with Crippen molar-refractivity contribution < 1.29 is 4.42 Å². The Morgan fingerprint density at radius 1 is 1.21 bits per heavy atom. The van der Waals surface area contributed by atoms with Crippen LogP contribution in [0.2, 0.25) is 0 Å². The van der Waals surface area contributed by atoms with E-state index < -0.39 is 0 Å². The molecule has 1 unspecified atom stereocenters. The molecule has 2 nitrogen and oxygen atoms in total. The van der Waals surface area contributed by atoms with Crippen LogP contribution in [0.1, 0.15) is 42.6 Å². The summed E-state index contributed by atoms with van der Waals surface area (Å²) in [6, 6.07) is 13.0. The van der Waals surface area contributed by atoms with Crippen molar-refractivity contribution in [2.45, 2.75) is 37.5 Å². The quantitative estimate of drug-likeness (QED) is 0.886. The van der Waals surface area contributed by atoms with Crippen LogP contribution in [-0.4, -0.2) is 6.54 Å². The smallest absolute Gasteiger partial charge is 0.104 e. The van der Waals surface area contributed by atoms with Crippen molar-refractivity contribution >= 4 is 0 Å². The lowest BCUT2D eigenvalue weighted by Crippen LogP contribution is -2.34. The molecule has 19 heavy (non-hydrogen) atoms. The predicted octanol–water partition coefficient (Wildman–Crippen LogP) is 3.62. The van der Waals surface area contributed by atoms with Gasteiger partial charge in [0.25, 0.3) is 0 Å². The monoisotopic (exact) mass is 255 g/mol. The first-order valence-corrected chi connectivity index (χ1v) is 7.04. The first kappa shape index (κ1) is 12.5. The molecule has 1 aliphatic carbocycles. The van der Waals surface area contributed by atoms with Gasteiger partial charge < -0.3 is 10.2 Å². The van der Waals surface area contributed by atoms with Crippen LogP contribution in [0.25, 0.3) is 0 Å². The van der Waals surface area contributed by atoms with E-state index in [9.17, 15) is 0 Å². The van der Waals surface area contributed by atoms with Gasteiger partial charge in [0.05, 0.1) is 6.26 Å². The van der Waals surface area contributed by atoms with Gasteiger partial charge in [-0.1, -0.05) is 31.2 Å². The molecule has 0 radical (unpaired) electrons. The Balaban J connectivity index is 1.83. The summed E-state index contributed by atoms with van der Waals surface area (Å²) < 4.78 is 5.47. The van der Waals surface area contributed by atoms with Gasteiger partial charge in [0.15, 0.2) is 0 Å². The molecule has 2 heteroatoms. The number of furan rings is 1. The molecule has 1 fully saturated rings. The van der Waals surface area contributed by atoms with Crippen molar-refractivity contribution in [3.05, 3.63) is 59.5 Å². The van der Waals surface area contributed by atoms with E-state index in [1.54, 1.807) is 6.26 Å². The first-order chi connectivity index (χ1) is 9.21. The zero-order valence-electron chi connectivity index (χ0n) is 11.4. The van der Waals surface area contributed by atoms with E-state index in [4.69, 9.17) is 10.2 Å². The maximum Gasteiger partial charge on any atom is 0.104 e. The zero-order chi connectivity index (χ0) is 13.3. The molecule has 1 aromatic heterocycles. The van der Waals surface area contributed by atoms with Crippen molar-refractivity contribution in [3.63, 3.8) is 0 Å². The average Bonchev–Trinajstić information content (AvgIpc) is 3.18. The summed E-state index contributed by atoms with van der Waals surface area (Å²) in [6.07, 6.45) is 5.27. The van der Waals surface area contributed by atoms with Gasteiger partial charge in [0.1, 0.15) is 5.76 Å². The molecule has 3 rings (SSSR count). The molecule has 1 atom stereocenters. The Hall–Kier alpha value is -1.54. The minimum atomic E-state index is -0.0556. The Morgan fingerprint density at radius 2 is 1.95 bits per heavy atom. The van der Waals surface area contributed by atoms with E-state index in [-0.39, 0.29) is 5.41 Å². The van der Waals surface area contributed by atoms with E-state index in [0.717, 1.165) is 18.1 Å². The molecule has 0 saturated heterocycles. The molecular formula is C17H21NO. The summed E-state index contributed by atoms with van der Waals surface area (Å²) in [5.41, 5.74) is 8.74. The van der Waals surface area contributed by atoms with Crippen LogP contribution >= 0.6 is 0 Å². The van der Waals surface area contributed by atoms with Gasteiger partial charge in [-0.05, 0) is 42.0 Å². The molecule has 1 heterocycles. The lowest BCUT2D eigenvalue weighted by atomic mass is 9.78. The highest BCUT2D eigenvalue weighted by molar-refractivity contribution is 5.33. The largest absolute Gasteiger partial charge is 0.469 e. The maximum atomic E-state index is 6.02. The zero-order valence-corrected chi connectivity index (χ0v) is 11.4. The molecule has 2 N–H and O–H groups in total. The number of hydrogen-bond donors (Lipinski definition) is 1. The molecular weight excluding hydrogens is 234 g/mol. The third-order valence-electron chi connectivity index (χ3n) is 4.25. The summed E-state index contributed by atoms with van der Waals surface area (Å²) in [7, 11) is 0. The Kier molecular flexibility index (Phi) is 3.19. The Morgan fingerprint density at radius 3 is 2.47 bits per heavy atom. The van der Waals surface area contributed by atoms with E-state index >= 15 is 0 Å². The number of nitrogens with two attached hydrogens (primary N) is 1. The van der Waals surface area contributed by atoms with Crippen molar-refractivity contribution in [2.75, 3.05) is 6.54 Å². The third-order valence-corrected chi connectivity index (χ3v) is 4.25. The molecule has 100 valence electrons.